The Labute approximate surface area is 80.5 Å². The van der Waals surface area contributed by atoms with Crippen LogP contribution in [0.15, 0.2) is 22.8 Å². The van der Waals surface area contributed by atoms with Crippen molar-refractivity contribution in [3.8, 4) is 0 Å². The lowest BCUT2D eigenvalue weighted by Gasteiger charge is -2.42. The molecule has 2 heterocycles. The third-order valence-electron chi connectivity index (χ3n) is 2.59. The fraction of sp³-hybridized carbons (Fsp3) is 0.444. The predicted octanol–water partition coefficient (Wildman–Crippen LogP) is -0.0405. The van der Waals surface area contributed by atoms with Crippen molar-refractivity contribution in [2.45, 2.75) is 11.5 Å². The summed E-state index contributed by atoms with van der Waals surface area (Å²) in [4.78, 5) is 10.8. The van der Waals surface area contributed by atoms with Gasteiger partial charge < -0.3 is 20.0 Å². The third kappa shape index (κ3) is 1.13. The molecule has 5 heteroatoms. The van der Waals surface area contributed by atoms with E-state index in [1.54, 1.807) is 12.1 Å². The molecule has 1 unspecified atom stereocenters. The third-order valence-corrected chi connectivity index (χ3v) is 2.59. The number of carboxylic acid groups (broad SMARTS) is 1. The number of carbonyl (C=O) groups is 1. The molecule has 1 aliphatic rings. The van der Waals surface area contributed by atoms with Crippen LogP contribution in [0.3, 0.4) is 0 Å². The highest BCUT2D eigenvalue weighted by atomic mass is 16.5. The molecule has 1 aromatic rings. The second-order valence-corrected chi connectivity index (χ2v) is 3.44. The molecule has 0 saturated carbocycles. The molecule has 0 aliphatic carbocycles. The molecule has 0 amide bonds. The van der Waals surface area contributed by atoms with Crippen LogP contribution >= 0.6 is 0 Å². The van der Waals surface area contributed by atoms with Crippen molar-refractivity contribution < 1.29 is 19.1 Å². The van der Waals surface area contributed by atoms with Crippen molar-refractivity contribution in [1.29, 1.82) is 0 Å². The quantitative estimate of drug-likeness (QED) is 0.710. The van der Waals surface area contributed by atoms with Crippen LogP contribution in [0.25, 0.3) is 0 Å². The minimum Gasteiger partial charge on any atom is -0.480 e. The van der Waals surface area contributed by atoms with Gasteiger partial charge in [-0.05, 0) is 12.1 Å². The maximum atomic E-state index is 10.8. The van der Waals surface area contributed by atoms with Gasteiger partial charge in [0.05, 0.1) is 19.5 Å². The lowest BCUT2D eigenvalue weighted by Crippen LogP contribution is -2.61. The average Bonchev–Trinajstić information content (AvgIpc) is 2.55. The van der Waals surface area contributed by atoms with Crippen molar-refractivity contribution in [2.75, 3.05) is 13.2 Å². The van der Waals surface area contributed by atoms with Gasteiger partial charge in [-0.25, -0.2) is 0 Å². The summed E-state index contributed by atoms with van der Waals surface area (Å²) in [5, 5.41) is 8.86. The van der Waals surface area contributed by atoms with Crippen LogP contribution < -0.4 is 5.73 Å². The minimum atomic E-state index is -1.04. The highest BCUT2D eigenvalue weighted by Gasteiger charge is 2.51. The van der Waals surface area contributed by atoms with E-state index in [2.05, 4.69) is 0 Å². The fourth-order valence-corrected chi connectivity index (χ4v) is 1.60. The van der Waals surface area contributed by atoms with E-state index in [4.69, 9.17) is 20.0 Å². The fourth-order valence-electron chi connectivity index (χ4n) is 1.60. The molecule has 3 N–H and O–H groups in total. The summed E-state index contributed by atoms with van der Waals surface area (Å²) in [6.07, 6.45) is 1.50. The van der Waals surface area contributed by atoms with Crippen LogP contribution in [0.2, 0.25) is 0 Å². The van der Waals surface area contributed by atoms with Crippen LogP contribution in [0.4, 0.5) is 0 Å². The number of furan rings is 1. The normalized spacial score (nSPS) is 21.2. The molecule has 5 nitrogen and oxygen atoms in total. The summed E-state index contributed by atoms with van der Waals surface area (Å²) in [6, 6.07) is 2.46. The van der Waals surface area contributed by atoms with Crippen molar-refractivity contribution in [3.05, 3.63) is 24.2 Å². The standard InChI is InChI=1S/C9H11NO4/c10-7(8(11)12)9(4-13-5-9)6-2-1-3-14-6/h1-3,7H,4-5,10H2,(H,11,12). The Kier molecular flexibility index (Phi) is 2.05. The van der Waals surface area contributed by atoms with Gasteiger partial charge in [-0.3, -0.25) is 4.79 Å². The summed E-state index contributed by atoms with van der Waals surface area (Å²) in [5.74, 6) is -0.455. The predicted molar refractivity (Wildman–Crippen MR) is 46.8 cm³/mol. The van der Waals surface area contributed by atoms with E-state index in [0.717, 1.165) is 0 Å². The molecule has 14 heavy (non-hydrogen) atoms. The Morgan fingerprint density at radius 1 is 1.64 bits per heavy atom. The smallest absolute Gasteiger partial charge is 0.321 e. The van der Waals surface area contributed by atoms with E-state index >= 15 is 0 Å². The molecular formula is C9H11NO4. The van der Waals surface area contributed by atoms with E-state index in [9.17, 15) is 4.79 Å². The molecule has 76 valence electrons. The molecule has 0 aromatic carbocycles. The van der Waals surface area contributed by atoms with Crippen LogP contribution in [0, 0.1) is 0 Å². The zero-order chi connectivity index (χ0) is 10.2. The Bertz CT molecular complexity index is 329. The van der Waals surface area contributed by atoms with E-state index in [1.807, 2.05) is 0 Å². The first-order valence-corrected chi connectivity index (χ1v) is 4.27. The topological polar surface area (TPSA) is 85.7 Å². The van der Waals surface area contributed by atoms with Gasteiger partial charge in [0, 0.05) is 0 Å². The molecule has 0 spiro atoms. The van der Waals surface area contributed by atoms with Crippen LogP contribution in [-0.4, -0.2) is 30.3 Å². The summed E-state index contributed by atoms with van der Waals surface area (Å²) in [7, 11) is 0. The van der Waals surface area contributed by atoms with E-state index in [1.165, 1.54) is 6.26 Å². The number of ether oxygens (including phenoxy) is 1. The van der Waals surface area contributed by atoms with E-state index < -0.39 is 17.4 Å². The largest absolute Gasteiger partial charge is 0.480 e. The Hall–Kier alpha value is -1.33. The molecule has 1 saturated heterocycles. The summed E-state index contributed by atoms with van der Waals surface area (Å²) >= 11 is 0. The molecule has 1 aromatic heterocycles. The zero-order valence-electron chi connectivity index (χ0n) is 7.47. The van der Waals surface area contributed by atoms with Gasteiger partial charge in [-0.15, -0.1) is 0 Å². The first-order valence-electron chi connectivity index (χ1n) is 4.27. The number of hydrogen-bond acceptors (Lipinski definition) is 4. The van der Waals surface area contributed by atoms with Crippen LogP contribution in [-0.2, 0) is 14.9 Å². The molecule has 0 radical (unpaired) electrons. The number of hydrogen-bond donors (Lipinski definition) is 2. The lowest BCUT2D eigenvalue weighted by molar-refractivity contribution is -0.150. The summed E-state index contributed by atoms with van der Waals surface area (Å²) in [6.45, 7) is 0.599. The maximum Gasteiger partial charge on any atom is 0.321 e. The zero-order valence-corrected chi connectivity index (χ0v) is 7.47. The van der Waals surface area contributed by atoms with Crippen molar-refractivity contribution in [1.82, 2.24) is 0 Å². The Morgan fingerprint density at radius 3 is 2.71 bits per heavy atom. The van der Waals surface area contributed by atoms with Crippen molar-refractivity contribution in [3.63, 3.8) is 0 Å². The Morgan fingerprint density at radius 2 is 2.36 bits per heavy atom. The molecule has 1 fully saturated rings. The SMILES string of the molecule is NC(C(=O)O)C1(c2ccco2)COC1. The van der Waals surface area contributed by atoms with Gasteiger partial charge in [-0.1, -0.05) is 0 Å². The molecule has 2 rings (SSSR count). The average molecular weight is 197 g/mol. The van der Waals surface area contributed by atoms with Crippen molar-refractivity contribution >= 4 is 5.97 Å². The molecule has 1 aliphatic heterocycles. The maximum absolute atomic E-state index is 10.8. The number of carboxylic acids is 1. The first kappa shape index (κ1) is 9.23. The second-order valence-electron chi connectivity index (χ2n) is 3.44. The van der Waals surface area contributed by atoms with Gasteiger partial charge in [0.2, 0.25) is 0 Å². The number of rotatable bonds is 3. The molecule has 1 atom stereocenters. The minimum absolute atomic E-state index is 0.300. The van der Waals surface area contributed by atoms with Gasteiger partial charge >= 0.3 is 5.97 Å². The molecular weight excluding hydrogens is 186 g/mol. The van der Waals surface area contributed by atoms with Gasteiger partial charge in [0.25, 0.3) is 0 Å². The second kappa shape index (κ2) is 3.11. The summed E-state index contributed by atoms with van der Waals surface area (Å²) < 4.78 is 10.2. The highest BCUT2D eigenvalue weighted by molar-refractivity contribution is 5.76. The number of aliphatic carboxylic acids is 1. The summed E-state index contributed by atoms with van der Waals surface area (Å²) in [5.41, 5.74) is 4.92. The molecule has 0 bridgehead atoms. The van der Waals surface area contributed by atoms with Crippen LogP contribution in [0.5, 0.6) is 0 Å². The Balaban J connectivity index is 2.31. The van der Waals surface area contributed by atoms with Gasteiger partial charge in [0.15, 0.2) is 0 Å². The van der Waals surface area contributed by atoms with Gasteiger partial charge in [-0.2, -0.15) is 0 Å². The lowest BCUT2D eigenvalue weighted by atomic mass is 9.76. The van der Waals surface area contributed by atoms with E-state index in [-0.39, 0.29) is 0 Å². The highest BCUT2D eigenvalue weighted by Crippen LogP contribution is 2.35. The first-order chi connectivity index (χ1) is 6.67. The van der Waals surface area contributed by atoms with Gasteiger partial charge in [0.1, 0.15) is 17.2 Å². The monoisotopic (exact) mass is 197 g/mol. The van der Waals surface area contributed by atoms with Crippen LogP contribution in [0.1, 0.15) is 5.76 Å². The van der Waals surface area contributed by atoms with E-state index in [0.29, 0.717) is 19.0 Å². The van der Waals surface area contributed by atoms with Crippen molar-refractivity contribution in [2.24, 2.45) is 5.73 Å². The number of nitrogens with two attached hydrogens (primary N) is 1.